The maximum atomic E-state index is 5.34. The molecule has 0 aromatic carbocycles. The molecule has 1 aliphatic heterocycles. The third-order valence-corrected chi connectivity index (χ3v) is 5.69. The number of hydrogen-bond acceptors (Lipinski definition) is 5. The first-order valence-corrected chi connectivity index (χ1v) is 11.1. The number of ether oxygens (including phenoxy) is 1. The van der Waals surface area contributed by atoms with Crippen LogP contribution in [0.15, 0.2) is 30.8 Å². The third kappa shape index (κ3) is 5.01. The van der Waals surface area contributed by atoms with Gasteiger partial charge in [-0.2, -0.15) is 0 Å². The number of nitrogens with one attached hydrogen (secondary N) is 1. The molecule has 1 fully saturated rings. The zero-order valence-electron chi connectivity index (χ0n) is 19.2. The summed E-state index contributed by atoms with van der Waals surface area (Å²) in [7, 11) is 1.74. The van der Waals surface area contributed by atoms with E-state index in [1.807, 2.05) is 6.92 Å². The molecule has 3 rings (SSSR count). The van der Waals surface area contributed by atoms with Gasteiger partial charge in [-0.25, -0.2) is 9.97 Å². The van der Waals surface area contributed by atoms with Gasteiger partial charge in [0.25, 0.3) is 0 Å². The summed E-state index contributed by atoms with van der Waals surface area (Å²) in [4.78, 5) is 12.5. The number of hydrogen-bond donors (Lipinski definition) is 1. The minimum atomic E-state index is 0.243. The van der Waals surface area contributed by atoms with Crippen molar-refractivity contribution in [1.82, 2.24) is 9.97 Å². The van der Waals surface area contributed by atoms with Crippen LogP contribution in [0.2, 0.25) is 0 Å². The molecule has 0 radical (unpaired) electrons. The van der Waals surface area contributed by atoms with Crippen molar-refractivity contribution in [2.45, 2.75) is 58.9 Å². The van der Waals surface area contributed by atoms with E-state index in [9.17, 15) is 0 Å². The molecule has 0 bridgehead atoms. The molecule has 2 aromatic rings. The van der Waals surface area contributed by atoms with Crippen LogP contribution in [0.5, 0.6) is 0 Å². The van der Waals surface area contributed by atoms with Gasteiger partial charge in [0.05, 0.1) is 23.7 Å². The molecule has 1 N–H and O–H groups in total. The van der Waals surface area contributed by atoms with E-state index < -0.39 is 0 Å². The summed E-state index contributed by atoms with van der Waals surface area (Å²) in [6.45, 7) is 15.5. The molecule has 1 aliphatic rings. The van der Waals surface area contributed by atoms with Gasteiger partial charge in [-0.3, -0.25) is 0 Å². The van der Waals surface area contributed by atoms with Crippen LogP contribution >= 0.6 is 0 Å². The lowest BCUT2D eigenvalue weighted by atomic mass is 10.0. The molecule has 1 atom stereocenters. The number of pyridine rings is 2. The minimum absolute atomic E-state index is 0.243. The molecule has 5 heteroatoms. The van der Waals surface area contributed by atoms with Crippen LogP contribution in [0.3, 0.4) is 0 Å². The second-order valence-electron chi connectivity index (χ2n) is 8.53. The molecule has 5 nitrogen and oxygen atoms in total. The van der Waals surface area contributed by atoms with Crippen LogP contribution in [0.4, 0.5) is 11.5 Å². The first kappa shape index (κ1) is 22.3. The Labute approximate surface area is 181 Å². The summed E-state index contributed by atoms with van der Waals surface area (Å²) in [5.74, 6) is 1.46. The predicted molar refractivity (Wildman–Crippen MR) is 127 cm³/mol. The average Bonchev–Trinajstić information content (AvgIpc) is 3.27. The standard InChI is InChI=1S/C25H36N4O/c1-7-19(16-30-6)26-23-13-12-22(27-24(23)18(4)5)20-10-11-21(17(2)3)28-25(20)29-14-8-9-15-29/h10-13,17,19,26H,4,7-9,14-16H2,1-3,5-6H3. The monoisotopic (exact) mass is 408 g/mol. The minimum Gasteiger partial charge on any atom is -0.383 e. The van der Waals surface area contributed by atoms with Gasteiger partial charge >= 0.3 is 0 Å². The van der Waals surface area contributed by atoms with E-state index >= 15 is 0 Å². The fraction of sp³-hybridized carbons (Fsp3) is 0.520. The number of rotatable bonds is 9. The van der Waals surface area contributed by atoms with E-state index in [4.69, 9.17) is 14.7 Å². The lowest BCUT2D eigenvalue weighted by molar-refractivity contribution is 0.184. The molecular formula is C25H36N4O. The largest absolute Gasteiger partial charge is 0.383 e. The Balaban J connectivity index is 2.03. The lowest BCUT2D eigenvalue weighted by Gasteiger charge is -2.23. The zero-order chi connectivity index (χ0) is 21.7. The number of allylic oxidation sites excluding steroid dienone is 1. The molecule has 0 saturated carbocycles. The fourth-order valence-corrected chi connectivity index (χ4v) is 3.89. The SMILES string of the molecule is C=C(C)c1nc(-c2ccc(C(C)C)nc2N2CCCC2)ccc1NC(CC)COC. The Morgan fingerprint density at radius 1 is 1.17 bits per heavy atom. The molecule has 0 aliphatic carbocycles. The van der Waals surface area contributed by atoms with Gasteiger partial charge in [0.2, 0.25) is 0 Å². The molecule has 162 valence electrons. The van der Waals surface area contributed by atoms with Crippen molar-refractivity contribution in [2.75, 3.05) is 37.0 Å². The summed E-state index contributed by atoms with van der Waals surface area (Å²) in [6.07, 6.45) is 3.42. The van der Waals surface area contributed by atoms with Gasteiger partial charge in [0.15, 0.2) is 0 Å². The van der Waals surface area contributed by atoms with E-state index in [-0.39, 0.29) is 6.04 Å². The zero-order valence-corrected chi connectivity index (χ0v) is 19.2. The first-order chi connectivity index (χ1) is 14.4. The van der Waals surface area contributed by atoms with E-state index in [1.165, 1.54) is 12.8 Å². The van der Waals surface area contributed by atoms with Crippen LogP contribution in [-0.2, 0) is 4.74 Å². The lowest BCUT2D eigenvalue weighted by Crippen LogP contribution is -2.24. The Hall–Kier alpha value is -2.40. The highest BCUT2D eigenvalue weighted by atomic mass is 16.5. The molecule has 2 aromatic heterocycles. The summed E-state index contributed by atoms with van der Waals surface area (Å²) >= 11 is 0. The van der Waals surface area contributed by atoms with Crippen molar-refractivity contribution in [2.24, 2.45) is 0 Å². The summed E-state index contributed by atoms with van der Waals surface area (Å²) in [5.41, 5.74) is 6.03. The summed E-state index contributed by atoms with van der Waals surface area (Å²) in [6, 6.07) is 8.79. The van der Waals surface area contributed by atoms with E-state index in [0.29, 0.717) is 12.5 Å². The Kier molecular flexibility index (Phi) is 7.48. The smallest absolute Gasteiger partial charge is 0.138 e. The molecule has 3 heterocycles. The molecule has 0 amide bonds. The van der Waals surface area contributed by atoms with E-state index in [2.05, 4.69) is 61.8 Å². The van der Waals surface area contributed by atoms with Crippen LogP contribution in [-0.4, -0.2) is 42.8 Å². The summed E-state index contributed by atoms with van der Waals surface area (Å²) in [5, 5.41) is 3.58. The summed E-state index contributed by atoms with van der Waals surface area (Å²) < 4.78 is 5.34. The van der Waals surface area contributed by atoms with Gasteiger partial charge in [-0.15, -0.1) is 0 Å². The van der Waals surface area contributed by atoms with Crippen molar-refractivity contribution in [1.29, 1.82) is 0 Å². The Bertz CT molecular complexity index is 871. The van der Waals surface area contributed by atoms with Crippen LogP contribution in [0.1, 0.15) is 64.3 Å². The number of aromatic nitrogens is 2. The molecular weight excluding hydrogens is 372 g/mol. The number of methoxy groups -OCH3 is 1. The topological polar surface area (TPSA) is 50.3 Å². The number of nitrogens with zero attached hydrogens (tertiary/aromatic N) is 3. The van der Waals surface area contributed by atoms with Crippen molar-refractivity contribution < 1.29 is 4.74 Å². The van der Waals surface area contributed by atoms with Crippen molar-refractivity contribution >= 4 is 17.1 Å². The number of anilines is 2. The van der Waals surface area contributed by atoms with Crippen LogP contribution in [0, 0.1) is 0 Å². The maximum absolute atomic E-state index is 5.34. The van der Waals surface area contributed by atoms with Gasteiger partial charge in [-0.1, -0.05) is 27.4 Å². The van der Waals surface area contributed by atoms with E-state index in [0.717, 1.165) is 59.2 Å². The van der Waals surface area contributed by atoms with Crippen molar-refractivity contribution in [3.05, 3.63) is 42.2 Å². The van der Waals surface area contributed by atoms with Gasteiger partial charge in [0.1, 0.15) is 5.82 Å². The molecule has 30 heavy (non-hydrogen) atoms. The van der Waals surface area contributed by atoms with Crippen molar-refractivity contribution in [3.8, 4) is 11.3 Å². The molecule has 1 saturated heterocycles. The molecule has 1 unspecified atom stereocenters. The van der Waals surface area contributed by atoms with E-state index in [1.54, 1.807) is 7.11 Å². The Morgan fingerprint density at radius 2 is 1.90 bits per heavy atom. The maximum Gasteiger partial charge on any atom is 0.138 e. The first-order valence-electron chi connectivity index (χ1n) is 11.1. The normalized spacial score (nSPS) is 14.9. The molecule has 0 spiro atoms. The quantitative estimate of drug-likeness (QED) is 0.573. The Morgan fingerprint density at radius 3 is 2.50 bits per heavy atom. The third-order valence-electron chi connectivity index (χ3n) is 5.69. The highest BCUT2D eigenvalue weighted by Crippen LogP contribution is 2.34. The van der Waals surface area contributed by atoms with Crippen LogP contribution in [0.25, 0.3) is 16.8 Å². The average molecular weight is 409 g/mol. The predicted octanol–water partition coefficient (Wildman–Crippen LogP) is 5.74. The second kappa shape index (κ2) is 10.1. The van der Waals surface area contributed by atoms with Gasteiger partial charge in [-0.05, 0) is 61.9 Å². The second-order valence-corrected chi connectivity index (χ2v) is 8.53. The highest BCUT2D eigenvalue weighted by Gasteiger charge is 2.21. The van der Waals surface area contributed by atoms with Gasteiger partial charge < -0.3 is 15.0 Å². The van der Waals surface area contributed by atoms with Crippen molar-refractivity contribution in [3.63, 3.8) is 0 Å². The van der Waals surface area contributed by atoms with Crippen LogP contribution < -0.4 is 10.2 Å². The van der Waals surface area contributed by atoms with Gasteiger partial charge in [0, 0.05) is 37.5 Å². The fourth-order valence-electron chi connectivity index (χ4n) is 3.89. The highest BCUT2D eigenvalue weighted by molar-refractivity contribution is 5.79.